The number of carbonyl (C=O) groups excluding carboxylic acids is 1. The third-order valence-electron chi connectivity index (χ3n) is 5.60. The van der Waals surface area contributed by atoms with Gasteiger partial charge in [-0.05, 0) is 36.5 Å². The molecule has 0 unspecified atom stereocenters. The van der Waals surface area contributed by atoms with Gasteiger partial charge in [0.05, 0.1) is 12.7 Å². The fourth-order valence-corrected chi connectivity index (χ4v) is 3.82. The van der Waals surface area contributed by atoms with Crippen LogP contribution in [0.1, 0.15) is 31.0 Å². The van der Waals surface area contributed by atoms with Crippen molar-refractivity contribution in [2.75, 3.05) is 11.9 Å². The van der Waals surface area contributed by atoms with Gasteiger partial charge in [0.15, 0.2) is 5.82 Å². The Bertz CT molecular complexity index is 1000. The molecule has 0 saturated heterocycles. The summed E-state index contributed by atoms with van der Waals surface area (Å²) in [6.45, 7) is 3.99. The van der Waals surface area contributed by atoms with E-state index >= 15 is 0 Å². The molecule has 7 heteroatoms. The molecule has 2 aromatic heterocycles. The summed E-state index contributed by atoms with van der Waals surface area (Å²) in [5, 5.41) is 12.2. The molecule has 1 aliphatic carbocycles. The van der Waals surface area contributed by atoms with Gasteiger partial charge in [0, 0.05) is 48.9 Å². The van der Waals surface area contributed by atoms with Crippen molar-refractivity contribution < 1.29 is 9.32 Å². The van der Waals surface area contributed by atoms with Gasteiger partial charge in [-0.1, -0.05) is 17.3 Å². The van der Waals surface area contributed by atoms with Gasteiger partial charge < -0.3 is 14.7 Å². The summed E-state index contributed by atoms with van der Waals surface area (Å²) >= 11 is 0. The highest BCUT2D eigenvalue weighted by Gasteiger charge is 2.29. The molecule has 2 aliphatic rings. The van der Waals surface area contributed by atoms with Crippen molar-refractivity contribution in [1.82, 2.24) is 19.8 Å². The van der Waals surface area contributed by atoms with E-state index in [9.17, 15) is 4.79 Å². The van der Waals surface area contributed by atoms with Crippen LogP contribution in [0.4, 0.5) is 11.5 Å². The number of hydrogen-bond donors (Lipinski definition) is 1. The number of anilines is 2. The molecule has 28 heavy (non-hydrogen) atoms. The summed E-state index contributed by atoms with van der Waals surface area (Å²) < 4.78 is 7.12. The Morgan fingerprint density at radius 1 is 1.32 bits per heavy atom. The van der Waals surface area contributed by atoms with Gasteiger partial charge >= 0.3 is 0 Å². The molecule has 0 radical (unpaired) electrons. The average Bonchev–Trinajstić information content (AvgIpc) is 3.23. The minimum absolute atomic E-state index is 0.112. The first-order chi connectivity index (χ1) is 13.7. The lowest BCUT2D eigenvalue weighted by molar-refractivity contribution is -0.129. The first-order valence-corrected chi connectivity index (χ1v) is 9.78. The van der Waals surface area contributed by atoms with E-state index in [0.717, 1.165) is 53.6 Å². The molecule has 144 valence electrons. The van der Waals surface area contributed by atoms with Crippen LogP contribution in [0.2, 0.25) is 0 Å². The summed E-state index contributed by atoms with van der Waals surface area (Å²) in [6.07, 6.45) is 6.78. The van der Waals surface area contributed by atoms with Crippen LogP contribution in [0.5, 0.6) is 0 Å². The second-order valence-electron chi connectivity index (χ2n) is 7.71. The van der Waals surface area contributed by atoms with Crippen LogP contribution in [0.3, 0.4) is 0 Å². The van der Waals surface area contributed by atoms with E-state index in [0.29, 0.717) is 6.54 Å². The van der Waals surface area contributed by atoms with Crippen LogP contribution in [0, 0.1) is 5.92 Å². The number of hydrogen-bond acceptors (Lipinski definition) is 5. The molecule has 1 aliphatic heterocycles. The lowest BCUT2D eigenvalue weighted by Crippen LogP contribution is -2.34. The molecule has 1 saturated carbocycles. The predicted octanol–water partition coefficient (Wildman–Crippen LogP) is 3.60. The molecule has 7 nitrogen and oxygen atoms in total. The fraction of sp³-hybridized carbons (Fsp3) is 0.381. The number of rotatable bonds is 5. The Kier molecular flexibility index (Phi) is 4.15. The summed E-state index contributed by atoms with van der Waals surface area (Å²) in [6, 6.07) is 8.11. The van der Waals surface area contributed by atoms with Crippen molar-refractivity contribution in [1.29, 1.82) is 0 Å². The van der Waals surface area contributed by atoms with Gasteiger partial charge in [-0.25, -0.2) is 0 Å². The number of carbonyl (C=O) groups is 1. The molecule has 5 rings (SSSR count). The fourth-order valence-electron chi connectivity index (χ4n) is 3.82. The lowest BCUT2D eigenvalue weighted by Gasteiger charge is -2.26. The highest BCUT2D eigenvalue weighted by atomic mass is 16.5. The van der Waals surface area contributed by atoms with Crippen LogP contribution in [0.15, 0.2) is 41.2 Å². The normalized spacial score (nSPS) is 16.1. The third-order valence-corrected chi connectivity index (χ3v) is 5.60. The largest absolute Gasteiger partial charge is 0.364 e. The second-order valence-corrected chi connectivity index (χ2v) is 7.71. The molecule has 1 amide bonds. The maximum absolute atomic E-state index is 11.9. The number of aromatic nitrogens is 3. The standard InChI is InChI=1S/C21H23N5O2/c1-14(27)25-8-7-20-19(12-25)21(24-26(20)11-15-5-6-15)23-18-4-2-3-16(9-18)17-10-22-28-13-17/h2-4,9-10,13,15H,5-8,11-12H2,1H3,(H,23,24). The van der Waals surface area contributed by atoms with E-state index < -0.39 is 0 Å². The number of nitrogens with one attached hydrogen (secondary N) is 1. The minimum Gasteiger partial charge on any atom is -0.364 e. The van der Waals surface area contributed by atoms with Crippen molar-refractivity contribution in [3.05, 3.63) is 48.0 Å². The molecule has 1 N–H and O–H groups in total. The van der Waals surface area contributed by atoms with Crippen LogP contribution >= 0.6 is 0 Å². The summed E-state index contributed by atoms with van der Waals surface area (Å²) in [5.74, 6) is 1.71. The molecule has 0 atom stereocenters. The molecule has 3 aromatic rings. The molecule has 3 heterocycles. The maximum atomic E-state index is 11.9. The van der Waals surface area contributed by atoms with E-state index in [2.05, 4.69) is 21.2 Å². The van der Waals surface area contributed by atoms with Gasteiger partial charge in [-0.2, -0.15) is 5.10 Å². The van der Waals surface area contributed by atoms with Gasteiger partial charge in [-0.3, -0.25) is 9.48 Å². The zero-order valence-electron chi connectivity index (χ0n) is 15.9. The molecule has 0 spiro atoms. The first kappa shape index (κ1) is 17.0. The average molecular weight is 377 g/mol. The Balaban J connectivity index is 1.47. The summed E-state index contributed by atoms with van der Waals surface area (Å²) in [7, 11) is 0. The number of nitrogens with zero attached hydrogens (tertiary/aromatic N) is 4. The van der Waals surface area contributed by atoms with Gasteiger partial charge in [0.1, 0.15) is 6.26 Å². The van der Waals surface area contributed by atoms with Crippen LogP contribution < -0.4 is 5.32 Å². The van der Waals surface area contributed by atoms with E-state index in [1.807, 2.05) is 23.1 Å². The van der Waals surface area contributed by atoms with Crippen molar-refractivity contribution in [2.24, 2.45) is 5.92 Å². The molecule has 0 bridgehead atoms. The zero-order valence-corrected chi connectivity index (χ0v) is 15.9. The Morgan fingerprint density at radius 3 is 2.96 bits per heavy atom. The third kappa shape index (κ3) is 3.28. The number of benzene rings is 1. The predicted molar refractivity (Wildman–Crippen MR) is 105 cm³/mol. The van der Waals surface area contributed by atoms with Gasteiger partial charge in [0.2, 0.25) is 5.91 Å². The minimum atomic E-state index is 0.112. The molecule has 1 aromatic carbocycles. The van der Waals surface area contributed by atoms with E-state index in [1.54, 1.807) is 19.4 Å². The summed E-state index contributed by atoms with van der Waals surface area (Å²) in [5.41, 5.74) is 5.33. The van der Waals surface area contributed by atoms with Crippen molar-refractivity contribution >= 4 is 17.4 Å². The Morgan fingerprint density at radius 2 is 2.21 bits per heavy atom. The van der Waals surface area contributed by atoms with Crippen LogP contribution in [0.25, 0.3) is 11.1 Å². The second kappa shape index (κ2) is 6.82. The monoisotopic (exact) mass is 377 g/mol. The lowest BCUT2D eigenvalue weighted by atomic mass is 10.1. The van der Waals surface area contributed by atoms with Gasteiger partial charge in [0.25, 0.3) is 0 Å². The van der Waals surface area contributed by atoms with E-state index in [4.69, 9.17) is 9.62 Å². The van der Waals surface area contributed by atoms with Crippen molar-refractivity contribution in [3.8, 4) is 11.1 Å². The molecular weight excluding hydrogens is 354 g/mol. The molecule has 1 fully saturated rings. The summed E-state index contributed by atoms with van der Waals surface area (Å²) in [4.78, 5) is 13.8. The highest BCUT2D eigenvalue weighted by Crippen LogP contribution is 2.34. The van der Waals surface area contributed by atoms with Crippen molar-refractivity contribution in [3.63, 3.8) is 0 Å². The highest BCUT2D eigenvalue weighted by molar-refractivity contribution is 5.74. The first-order valence-electron chi connectivity index (χ1n) is 9.78. The Labute approximate surface area is 163 Å². The molecular formula is C21H23N5O2. The smallest absolute Gasteiger partial charge is 0.219 e. The van der Waals surface area contributed by atoms with E-state index in [-0.39, 0.29) is 5.91 Å². The van der Waals surface area contributed by atoms with E-state index in [1.165, 1.54) is 18.5 Å². The van der Waals surface area contributed by atoms with Crippen LogP contribution in [-0.4, -0.2) is 32.3 Å². The SMILES string of the molecule is CC(=O)N1CCc2c(c(Nc3cccc(-c4cnoc4)c3)nn2CC2CC2)C1. The van der Waals surface area contributed by atoms with Crippen molar-refractivity contribution in [2.45, 2.75) is 39.3 Å². The quantitative estimate of drug-likeness (QED) is 0.735. The van der Waals surface area contributed by atoms with Crippen LogP contribution in [-0.2, 0) is 24.3 Å². The zero-order chi connectivity index (χ0) is 19.1. The number of fused-ring (bicyclic) bond motifs is 1. The maximum Gasteiger partial charge on any atom is 0.219 e. The topological polar surface area (TPSA) is 76.2 Å². The Hall–Kier alpha value is -3.09. The van der Waals surface area contributed by atoms with Gasteiger partial charge in [-0.15, -0.1) is 0 Å². The number of amides is 1.